The predicted molar refractivity (Wildman–Crippen MR) is 67.2 cm³/mol. The molecule has 1 aliphatic heterocycles. The van der Waals surface area contributed by atoms with Crippen LogP contribution in [0.1, 0.15) is 23.2 Å². The van der Waals surface area contributed by atoms with E-state index in [-0.39, 0.29) is 6.10 Å². The van der Waals surface area contributed by atoms with Crippen LogP contribution in [0.15, 0.2) is 24.5 Å². The normalized spacial score (nSPS) is 19.4. The summed E-state index contributed by atoms with van der Waals surface area (Å²) >= 11 is 0. The minimum absolute atomic E-state index is 0.250. The van der Waals surface area contributed by atoms with Crippen molar-refractivity contribution in [2.75, 3.05) is 6.61 Å². The summed E-state index contributed by atoms with van der Waals surface area (Å²) in [6, 6.07) is 5.31. The highest BCUT2D eigenvalue weighted by atomic mass is 16.5. The van der Waals surface area contributed by atoms with Gasteiger partial charge in [0.05, 0.1) is 30.0 Å². The van der Waals surface area contributed by atoms with Crippen molar-refractivity contribution in [1.82, 2.24) is 9.55 Å². The maximum absolute atomic E-state index is 11.2. The lowest BCUT2D eigenvalue weighted by Crippen LogP contribution is -2.14. The number of benzene rings is 1. The first-order valence-electron chi connectivity index (χ1n) is 6.10. The molecule has 1 atom stereocenters. The molecule has 1 unspecified atom stereocenters. The quantitative estimate of drug-likeness (QED) is 0.886. The summed E-state index contributed by atoms with van der Waals surface area (Å²) in [4.78, 5) is 15.5. The molecule has 5 heteroatoms. The van der Waals surface area contributed by atoms with Crippen LogP contribution in [-0.4, -0.2) is 28.2 Å². The summed E-state index contributed by atoms with van der Waals surface area (Å²) < 4.78 is 7.64. The van der Waals surface area contributed by atoms with E-state index >= 15 is 0 Å². The van der Waals surface area contributed by atoms with Gasteiger partial charge in [0, 0.05) is 12.2 Å². The molecule has 1 saturated heterocycles. The summed E-state index contributed by atoms with van der Waals surface area (Å²) in [6.45, 7) is 1.61. The van der Waals surface area contributed by atoms with Crippen LogP contribution < -0.4 is 5.73 Å². The number of hydrogen-bond acceptors (Lipinski definition) is 3. The van der Waals surface area contributed by atoms with Gasteiger partial charge in [-0.15, -0.1) is 0 Å². The highest BCUT2D eigenvalue weighted by Crippen LogP contribution is 2.19. The standard InChI is InChI=1S/C13H15N3O2/c14-13(17)9-3-4-11-12(6-9)16(8-15-11)7-10-2-1-5-18-10/h3-4,6,8,10H,1-2,5,7H2,(H2,14,17). The first-order valence-corrected chi connectivity index (χ1v) is 6.10. The van der Waals surface area contributed by atoms with E-state index in [2.05, 4.69) is 4.98 Å². The smallest absolute Gasteiger partial charge is 0.248 e. The van der Waals surface area contributed by atoms with Crippen LogP contribution in [0.3, 0.4) is 0 Å². The average molecular weight is 245 g/mol. The monoisotopic (exact) mass is 245 g/mol. The third-order valence-corrected chi connectivity index (χ3v) is 3.33. The zero-order valence-corrected chi connectivity index (χ0v) is 10.0. The number of imidazole rings is 1. The molecule has 0 saturated carbocycles. The summed E-state index contributed by atoms with van der Waals surface area (Å²) in [5.41, 5.74) is 7.61. The summed E-state index contributed by atoms with van der Waals surface area (Å²) in [7, 11) is 0. The number of amides is 1. The molecule has 2 N–H and O–H groups in total. The lowest BCUT2D eigenvalue weighted by Gasteiger charge is -2.11. The number of nitrogens with two attached hydrogens (primary N) is 1. The molecule has 18 heavy (non-hydrogen) atoms. The Morgan fingerprint density at radius 1 is 1.56 bits per heavy atom. The van der Waals surface area contributed by atoms with Crippen molar-refractivity contribution < 1.29 is 9.53 Å². The average Bonchev–Trinajstić information content (AvgIpc) is 2.99. The second-order valence-corrected chi connectivity index (χ2v) is 4.60. The van der Waals surface area contributed by atoms with Crippen LogP contribution in [0.2, 0.25) is 0 Å². The Balaban J connectivity index is 1.95. The van der Waals surface area contributed by atoms with Crippen molar-refractivity contribution in [2.24, 2.45) is 5.73 Å². The predicted octanol–water partition coefficient (Wildman–Crippen LogP) is 1.31. The lowest BCUT2D eigenvalue weighted by molar-refractivity contribution is 0.0979. The van der Waals surface area contributed by atoms with Gasteiger partial charge in [-0.05, 0) is 31.0 Å². The van der Waals surface area contributed by atoms with Crippen molar-refractivity contribution >= 4 is 16.9 Å². The van der Waals surface area contributed by atoms with Crippen LogP contribution >= 0.6 is 0 Å². The molecular weight excluding hydrogens is 230 g/mol. The van der Waals surface area contributed by atoms with Crippen molar-refractivity contribution in [1.29, 1.82) is 0 Å². The fraction of sp³-hybridized carbons (Fsp3) is 0.385. The van der Waals surface area contributed by atoms with Crippen molar-refractivity contribution in [3.63, 3.8) is 0 Å². The molecule has 5 nitrogen and oxygen atoms in total. The van der Waals surface area contributed by atoms with Gasteiger partial charge in [0.2, 0.25) is 5.91 Å². The SMILES string of the molecule is NC(=O)c1ccc2ncn(CC3CCCO3)c2c1. The number of hydrogen-bond donors (Lipinski definition) is 1. The Kier molecular flexibility index (Phi) is 2.76. The van der Waals surface area contributed by atoms with Crippen molar-refractivity contribution in [2.45, 2.75) is 25.5 Å². The highest BCUT2D eigenvalue weighted by molar-refractivity contribution is 5.96. The second kappa shape index (κ2) is 4.42. The zero-order chi connectivity index (χ0) is 12.5. The largest absolute Gasteiger partial charge is 0.376 e. The molecule has 1 fully saturated rings. The molecule has 0 spiro atoms. The van der Waals surface area contributed by atoms with Crippen LogP contribution in [0.4, 0.5) is 0 Å². The fourth-order valence-corrected chi connectivity index (χ4v) is 2.36. The van der Waals surface area contributed by atoms with E-state index < -0.39 is 5.91 Å². The molecular formula is C13H15N3O2. The number of nitrogens with zero attached hydrogens (tertiary/aromatic N) is 2. The number of rotatable bonds is 3. The van der Waals surface area contributed by atoms with Gasteiger partial charge in [-0.2, -0.15) is 0 Å². The molecule has 1 aromatic heterocycles. The maximum atomic E-state index is 11.2. The van der Waals surface area contributed by atoms with E-state index in [0.717, 1.165) is 37.0 Å². The molecule has 1 aliphatic rings. The number of carbonyl (C=O) groups excluding carboxylic acids is 1. The summed E-state index contributed by atoms with van der Waals surface area (Å²) in [5, 5.41) is 0. The first kappa shape index (κ1) is 11.2. The second-order valence-electron chi connectivity index (χ2n) is 4.60. The van der Waals surface area contributed by atoms with E-state index in [1.165, 1.54) is 0 Å². The third kappa shape index (κ3) is 1.97. The van der Waals surface area contributed by atoms with Gasteiger partial charge in [-0.25, -0.2) is 4.98 Å². The molecule has 0 aliphatic carbocycles. The molecule has 94 valence electrons. The van der Waals surface area contributed by atoms with E-state index in [4.69, 9.17) is 10.5 Å². The molecule has 0 bridgehead atoms. The topological polar surface area (TPSA) is 70.1 Å². The minimum atomic E-state index is -0.415. The fourth-order valence-electron chi connectivity index (χ4n) is 2.36. The number of primary amides is 1. The van der Waals surface area contributed by atoms with Gasteiger partial charge in [0.15, 0.2) is 0 Å². The van der Waals surface area contributed by atoms with Crippen molar-refractivity contribution in [3.8, 4) is 0 Å². The molecule has 0 radical (unpaired) electrons. The van der Waals surface area contributed by atoms with E-state index in [9.17, 15) is 4.79 Å². The Labute approximate surface area is 105 Å². The zero-order valence-electron chi connectivity index (χ0n) is 10.0. The Morgan fingerprint density at radius 2 is 2.44 bits per heavy atom. The molecule has 1 aromatic carbocycles. The maximum Gasteiger partial charge on any atom is 0.248 e. The Morgan fingerprint density at radius 3 is 3.17 bits per heavy atom. The number of aromatic nitrogens is 2. The van der Waals surface area contributed by atoms with Crippen LogP contribution in [-0.2, 0) is 11.3 Å². The van der Waals surface area contributed by atoms with Gasteiger partial charge in [-0.1, -0.05) is 0 Å². The lowest BCUT2D eigenvalue weighted by atomic mass is 10.2. The van der Waals surface area contributed by atoms with Gasteiger partial charge in [-0.3, -0.25) is 4.79 Å². The van der Waals surface area contributed by atoms with Gasteiger partial charge < -0.3 is 15.0 Å². The highest BCUT2D eigenvalue weighted by Gasteiger charge is 2.17. The number of fused-ring (bicyclic) bond motifs is 1. The number of carbonyl (C=O) groups is 1. The summed E-state index contributed by atoms with van der Waals surface area (Å²) in [5.74, 6) is -0.415. The van der Waals surface area contributed by atoms with Gasteiger partial charge >= 0.3 is 0 Å². The van der Waals surface area contributed by atoms with Crippen LogP contribution in [0.5, 0.6) is 0 Å². The Bertz CT molecular complexity index is 585. The van der Waals surface area contributed by atoms with E-state index in [1.807, 2.05) is 10.6 Å². The minimum Gasteiger partial charge on any atom is -0.376 e. The van der Waals surface area contributed by atoms with Crippen LogP contribution in [0.25, 0.3) is 11.0 Å². The molecule has 2 heterocycles. The van der Waals surface area contributed by atoms with Gasteiger partial charge in [0.1, 0.15) is 0 Å². The third-order valence-electron chi connectivity index (χ3n) is 3.33. The van der Waals surface area contributed by atoms with Crippen molar-refractivity contribution in [3.05, 3.63) is 30.1 Å². The molecule has 2 aromatic rings. The van der Waals surface area contributed by atoms with E-state index in [1.54, 1.807) is 18.5 Å². The number of ether oxygens (including phenoxy) is 1. The molecule has 1 amide bonds. The van der Waals surface area contributed by atoms with Gasteiger partial charge in [0.25, 0.3) is 0 Å². The Hall–Kier alpha value is -1.88. The van der Waals surface area contributed by atoms with Crippen LogP contribution in [0, 0.1) is 0 Å². The van der Waals surface area contributed by atoms with E-state index in [0.29, 0.717) is 5.56 Å². The first-order chi connectivity index (χ1) is 8.74. The molecule has 3 rings (SSSR count). The summed E-state index contributed by atoms with van der Waals surface area (Å²) in [6.07, 6.45) is 4.23.